The van der Waals surface area contributed by atoms with Gasteiger partial charge in [0.1, 0.15) is 5.82 Å². The van der Waals surface area contributed by atoms with Crippen molar-refractivity contribution in [2.75, 3.05) is 45.1 Å². The first-order valence-corrected chi connectivity index (χ1v) is 9.91. The number of piperidine rings is 1. The number of aliphatic hydroxyl groups excluding tert-OH is 1. The maximum atomic E-state index is 13.3. The molecule has 1 saturated heterocycles. The Labute approximate surface area is 152 Å². The van der Waals surface area contributed by atoms with Crippen molar-refractivity contribution in [3.05, 3.63) is 29.7 Å². The predicted octanol–water partition coefficient (Wildman–Crippen LogP) is 3.11. The third kappa shape index (κ3) is 4.73. The second-order valence-electron chi connectivity index (χ2n) is 6.40. The van der Waals surface area contributed by atoms with Gasteiger partial charge in [0, 0.05) is 42.8 Å². The number of likely N-dealkylation sites (N-methyl/N-ethyl adjacent to an activating group) is 1. The minimum Gasteiger partial charge on any atom is -0.395 e. The topological polar surface area (TPSA) is 52.7 Å². The first-order valence-electron chi connectivity index (χ1n) is 8.97. The molecule has 0 spiro atoms. The molecule has 2 aromatic rings. The lowest BCUT2D eigenvalue weighted by Crippen LogP contribution is -2.38. The van der Waals surface area contributed by atoms with E-state index in [-0.39, 0.29) is 12.4 Å². The van der Waals surface area contributed by atoms with Crippen molar-refractivity contribution in [2.24, 2.45) is 0 Å². The molecule has 25 heavy (non-hydrogen) atoms. The zero-order valence-corrected chi connectivity index (χ0v) is 15.5. The van der Waals surface area contributed by atoms with E-state index < -0.39 is 0 Å². The summed E-state index contributed by atoms with van der Waals surface area (Å²) in [5.41, 5.74) is 1.51. The van der Waals surface area contributed by atoms with E-state index in [9.17, 15) is 4.39 Å². The molecule has 1 N–H and O–H groups in total. The van der Waals surface area contributed by atoms with Gasteiger partial charge in [-0.3, -0.25) is 0 Å². The summed E-state index contributed by atoms with van der Waals surface area (Å²) in [6, 6.07) is 4.66. The molecule has 1 aliphatic rings. The van der Waals surface area contributed by atoms with E-state index in [0.29, 0.717) is 11.5 Å². The van der Waals surface area contributed by atoms with Crippen molar-refractivity contribution in [1.29, 1.82) is 0 Å². The molecule has 0 radical (unpaired) electrons. The normalized spacial score (nSPS) is 17.0. The van der Waals surface area contributed by atoms with Crippen LogP contribution in [-0.2, 0) is 0 Å². The molecule has 1 aliphatic heterocycles. The largest absolute Gasteiger partial charge is 0.395 e. The van der Waals surface area contributed by atoms with Gasteiger partial charge in [0.05, 0.1) is 12.3 Å². The molecular formula is C18H26FN3O2S. The fourth-order valence-corrected chi connectivity index (χ4v) is 4.13. The predicted molar refractivity (Wildman–Crippen MR) is 99.2 cm³/mol. The minimum absolute atomic E-state index is 0.224. The van der Waals surface area contributed by atoms with Crippen LogP contribution in [0.5, 0.6) is 0 Å². The molecule has 1 fully saturated rings. The molecule has 0 bridgehead atoms. The van der Waals surface area contributed by atoms with Crippen molar-refractivity contribution in [2.45, 2.75) is 25.7 Å². The van der Waals surface area contributed by atoms with Crippen LogP contribution in [0.3, 0.4) is 0 Å². The Balaban J connectivity index is 1.51. The monoisotopic (exact) mass is 367 g/mol. The first kappa shape index (κ1) is 18.6. The van der Waals surface area contributed by atoms with Crippen molar-refractivity contribution < 1.29 is 14.0 Å². The number of aliphatic hydroxyl groups is 1. The Morgan fingerprint density at radius 2 is 2.20 bits per heavy atom. The fraction of sp³-hybridized carbons (Fsp3) is 0.611. The fourth-order valence-electron chi connectivity index (χ4n) is 3.39. The number of hydrogen-bond donors (Lipinski definition) is 1. The quantitative estimate of drug-likeness (QED) is 0.724. The van der Waals surface area contributed by atoms with Crippen LogP contribution in [0.15, 0.2) is 22.7 Å². The van der Waals surface area contributed by atoms with E-state index in [0.717, 1.165) is 62.4 Å². The summed E-state index contributed by atoms with van der Waals surface area (Å²) < 4.78 is 20.9. The Morgan fingerprint density at radius 1 is 1.40 bits per heavy atom. The van der Waals surface area contributed by atoms with Crippen molar-refractivity contribution in [3.63, 3.8) is 0 Å². The van der Waals surface area contributed by atoms with E-state index in [1.54, 1.807) is 18.0 Å². The zero-order valence-electron chi connectivity index (χ0n) is 14.7. The molecule has 138 valence electrons. The SMILES string of the molecule is CCN(CCN1CCC(c2noc3cc(F)ccc23)CC1)SCCO. The van der Waals surface area contributed by atoms with E-state index in [1.807, 2.05) is 0 Å². The highest BCUT2D eigenvalue weighted by molar-refractivity contribution is 7.97. The third-order valence-electron chi connectivity index (χ3n) is 4.82. The molecule has 1 aromatic heterocycles. The van der Waals surface area contributed by atoms with Gasteiger partial charge in [-0.05, 0) is 38.1 Å². The number of fused-ring (bicyclic) bond motifs is 1. The number of likely N-dealkylation sites (tertiary alicyclic amines) is 1. The number of rotatable bonds is 8. The average Bonchev–Trinajstić information content (AvgIpc) is 3.05. The zero-order chi connectivity index (χ0) is 17.6. The van der Waals surface area contributed by atoms with Gasteiger partial charge in [0.2, 0.25) is 0 Å². The van der Waals surface area contributed by atoms with E-state index >= 15 is 0 Å². The molecule has 0 atom stereocenters. The molecule has 1 aromatic carbocycles. The van der Waals surface area contributed by atoms with E-state index in [2.05, 4.69) is 21.3 Å². The summed E-state index contributed by atoms with van der Waals surface area (Å²) in [4.78, 5) is 2.49. The summed E-state index contributed by atoms with van der Waals surface area (Å²) in [6.45, 7) is 7.51. The Hall–Kier alpha value is -1.15. The molecule has 0 aliphatic carbocycles. The van der Waals surface area contributed by atoms with Crippen LogP contribution >= 0.6 is 11.9 Å². The van der Waals surface area contributed by atoms with Crippen LogP contribution in [0.4, 0.5) is 4.39 Å². The number of hydrogen-bond acceptors (Lipinski definition) is 6. The minimum atomic E-state index is -0.287. The summed E-state index contributed by atoms with van der Waals surface area (Å²) in [5.74, 6) is 0.856. The van der Waals surface area contributed by atoms with Gasteiger partial charge in [0.15, 0.2) is 5.58 Å². The smallest absolute Gasteiger partial charge is 0.170 e. The van der Waals surface area contributed by atoms with Gasteiger partial charge in [-0.2, -0.15) is 0 Å². The van der Waals surface area contributed by atoms with Crippen LogP contribution < -0.4 is 0 Å². The maximum Gasteiger partial charge on any atom is 0.170 e. The Bertz CT molecular complexity index is 673. The molecule has 0 unspecified atom stereocenters. The summed E-state index contributed by atoms with van der Waals surface area (Å²) in [5, 5.41) is 14.1. The number of halogens is 1. The van der Waals surface area contributed by atoms with Gasteiger partial charge in [0.25, 0.3) is 0 Å². The Morgan fingerprint density at radius 3 is 2.92 bits per heavy atom. The van der Waals surface area contributed by atoms with Crippen LogP contribution in [-0.4, -0.2) is 64.6 Å². The highest BCUT2D eigenvalue weighted by atomic mass is 32.2. The van der Waals surface area contributed by atoms with Crippen LogP contribution in [0.25, 0.3) is 11.0 Å². The maximum absolute atomic E-state index is 13.3. The third-order valence-corrected chi connectivity index (χ3v) is 5.99. The van der Waals surface area contributed by atoms with Crippen LogP contribution in [0.2, 0.25) is 0 Å². The Kier molecular flexibility index (Phi) is 6.70. The first-order chi connectivity index (χ1) is 12.2. The summed E-state index contributed by atoms with van der Waals surface area (Å²) >= 11 is 1.71. The van der Waals surface area contributed by atoms with E-state index in [1.165, 1.54) is 12.1 Å². The number of nitrogens with zero attached hydrogens (tertiary/aromatic N) is 3. The van der Waals surface area contributed by atoms with Gasteiger partial charge in [-0.15, -0.1) is 0 Å². The van der Waals surface area contributed by atoms with Gasteiger partial charge < -0.3 is 14.5 Å². The van der Waals surface area contributed by atoms with Gasteiger partial charge in [-0.25, -0.2) is 8.70 Å². The number of aromatic nitrogens is 1. The number of benzene rings is 1. The molecule has 3 rings (SSSR count). The van der Waals surface area contributed by atoms with Crippen molar-refractivity contribution in [1.82, 2.24) is 14.4 Å². The van der Waals surface area contributed by atoms with Gasteiger partial charge in [-0.1, -0.05) is 24.0 Å². The van der Waals surface area contributed by atoms with Crippen molar-refractivity contribution >= 4 is 22.9 Å². The standard InChI is InChI=1S/C18H26FN3O2S/c1-2-22(25-12-11-23)10-9-21-7-5-14(6-8-21)18-16-4-3-15(19)13-17(16)24-20-18/h3-4,13-14,23H,2,5-12H2,1H3. The second-order valence-corrected chi connectivity index (χ2v) is 7.59. The molecule has 7 heteroatoms. The molecular weight excluding hydrogens is 341 g/mol. The van der Waals surface area contributed by atoms with Gasteiger partial charge >= 0.3 is 0 Å². The molecule has 0 saturated carbocycles. The summed E-state index contributed by atoms with van der Waals surface area (Å²) in [6.07, 6.45) is 2.10. The lowest BCUT2D eigenvalue weighted by molar-refractivity contribution is 0.200. The molecule has 5 nitrogen and oxygen atoms in total. The average molecular weight is 367 g/mol. The summed E-state index contributed by atoms with van der Waals surface area (Å²) in [7, 11) is 0. The molecule has 2 heterocycles. The van der Waals surface area contributed by atoms with E-state index in [4.69, 9.17) is 9.63 Å². The second kappa shape index (κ2) is 8.98. The van der Waals surface area contributed by atoms with Crippen LogP contribution in [0.1, 0.15) is 31.4 Å². The van der Waals surface area contributed by atoms with Crippen LogP contribution in [0, 0.1) is 5.82 Å². The lowest BCUT2D eigenvalue weighted by atomic mass is 9.91. The molecule has 0 amide bonds. The lowest BCUT2D eigenvalue weighted by Gasteiger charge is -2.32. The highest BCUT2D eigenvalue weighted by Crippen LogP contribution is 2.32. The highest BCUT2D eigenvalue weighted by Gasteiger charge is 2.25. The van der Waals surface area contributed by atoms with Crippen molar-refractivity contribution in [3.8, 4) is 0 Å².